The summed E-state index contributed by atoms with van der Waals surface area (Å²) in [7, 11) is 0. The molecule has 2 aromatic rings. The molecule has 0 saturated heterocycles. The van der Waals surface area contributed by atoms with Crippen molar-refractivity contribution in [3.63, 3.8) is 0 Å². The first-order chi connectivity index (χ1) is 13.0. The summed E-state index contributed by atoms with van der Waals surface area (Å²) in [6.45, 7) is 2.11. The van der Waals surface area contributed by atoms with Gasteiger partial charge in [-0.15, -0.1) is 11.8 Å². The number of nitrogens with zero attached hydrogens (tertiary/aromatic N) is 1. The number of hydrogen-bond acceptors (Lipinski definition) is 5. The van der Waals surface area contributed by atoms with Crippen LogP contribution >= 0.6 is 23.4 Å². The van der Waals surface area contributed by atoms with E-state index < -0.39 is 5.97 Å². The van der Waals surface area contributed by atoms with E-state index in [0.29, 0.717) is 22.6 Å². The molecule has 0 N–H and O–H groups in total. The van der Waals surface area contributed by atoms with Crippen molar-refractivity contribution in [1.29, 1.82) is 0 Å². The summed E-state index contributed by atoms with van der Waals surface area (Å²) in [6.07, 6.45) is 0.870. The molecule has 0 aromatic heterocycles. The van der Waals surface area contributed by atoms with Crippen molar-refractivity contribution in [1.82, 2.24) is 0 Å². The highest BCUT2D eigenvalue weighted by Crippen LogP contribution is 2.37. The van der Waals surface area contributed by atoms with E-state index in [0.717, 1.165) is 17.0 Å². The van der Waals surface area contributed by atoms with Crippen LogP contribution in [0.1, 0.15) is 13.3 Å². The minimum Gasteiger partial charge on any atom is -0.480 e. The van der Waals surface area contributed by atoms with Crippen LogP contribution in [0.5, 0.6) is 5.75 Å². The van der Waals surface area contributed by atoms with Crippen molar-refractivity contribution in [2.45, 2.75) is 23.5 Å². The molecule has 5 nitrogen and oxygen atoms in total. The lowest BCUT2D eigenvalue weighted by molar-refractivity contribution is -0.149. The second-order valence-corrected chi connectivity index (χ2v) is 8.00. The lowest BCUT2D eigenvalue weighted by atomic mass is 10.2. The Bertz CT molecular complexity index is 829. The quantitative estimate of drug-likeness (QED) is 0.698. The van der Waals surface area contributed by atoms with Crippen molar-refractivity contribution >= 4 is 40.9 Å². The maximum absolute atomic E-state index is 12.6. The maximum atomic E-state index is 12.6. The minimum atomic E-state index is -0.617. The number of carbonyl (C=O) groups excluding carboxylic acids is 2. The van der Waals surface area contributed by atoms with Crippen LogP contribution in [0, 0.1) is 0 Å². The zero-order valence-corrected chi connectivity index (χ0v) is 16.5. The minimum absolute atomic E-state index is 0.247. The van der Waals surface area contributed by atoms with Gasteiger partial charge in [0.1, 0.15) is 5.75 Å². The molecule has 1 aliphatic rings. The van der Waals surface area contributed by atoms with E-state index in [9.17, 15) is 9.59 Å². The molecule has 1 aliphatic heterocycles. The van der Waals surface area contributed by atoms with Crippen LogP contribution < -0.4 is 9.64 Å². The zero-order chi connectivity index (χ0) is 19.2. The summed E-state index contributed by atoms with van der Waals surface area (Å²) in [5, 5.41) is 0.824. The number of carbonyl (C=O) groups is 2. The summed E-state index contributed by atoms with van der Waals surface area (Å²) < 4.78 is 10.4. The summed E-state index contributed by atoms with van der Waals surface area (Å²) >= 11 is 7.72. The average molecular weight is 406 g/mol. The molecule has 0 saturated carbocycles. The van der Waals surface area contributed by atoms with Gasteiger partial charge in [-0.05, 0) is 30.7 Å². The Balaban J connectivity index is 1.56. The Hall–Kier alpha value is -2.18. The number of hydrogen-bond donors (Lipinski definition) is 0. The molecule has 0 spiro atoms. The second kappa shape index (κ2) is 9.15. The molecule has 0 bridgehead atoms. The van der Waals surface area contributed by atoms with Crippen LogP contribution in [0.15, 0.2) is 53.4 Å². The molecule has 7 heteroatoms. The molecular formula is C20H20ClNO4S. The summed E-state index contributed by atoms with van der Waals surface area (Å²) in [5.74, 6) is -0.465. The molecule has 0 unspecified atom stereocenters. The molecule has 1 atom stereocenters. The maximum Gasteiger partial charge on any atom is 0.344 e. The fourth-order valence-corrected chi connectivity index (χ4v) is 4.01. The molecule has 142 valence electrons. The van der Waals surface area contributed by atoms with Crippen LogP contribution in [-0.2, 0) is 14.3 Å². The van der Waals surface area contributed by atoms with Gasteiger partial charge in [0.25, 0.3) is 5.91 Å². The normalized spacial score (nSPS) is 16.2. The highest BCUT2D eigenvalue weighted by molar-refractivity contribution is 8.00. The first-order valence-electron chi connectivity index (χ1n) is 8.63. The Morgan fingerprint density at radius 2 is 1.89 bits per heavy atom. The Kier molecular flexibility index (Phi) is 6.63. The number of amides is 1. The van der Waals surface area contributed by atoms with Crippen LogP contribution in [0.2, 0.25) is 5.02 Å². The van der Waals surface area contributed by atoms with Crippen LogP contribution in [-0.4, -0.2) is 36.9 Å². The smallest absolute Gasteiger partial charge is 0.344 e. The Morgan fingerprint density at radius 1 is 1.15 bits per heavy atom. The Morgan fingerprint density at radius 3 is 2.70 bits per heavy atom. The highest BCUT2D eigenvalue weighted by Gasteiger charge is 2.24. The molecule has 27 heavy (non-hydrogen) atoms. The number of rotatable bonds is 5. The number of ether oxygens (including phenoxy) is 2. The third kappa shape index (κ3) is 5.17. The number of esters is 1. The van der Waals surface area contributed by atoms with Crippen molar-refractivity contribution in [3.8, 4) is 5.75 Å². The number of halogens is 1. The largest absolute Gasteiger partial charge is 0.480 e. The monoisotopic (exact) mass is 405 g/mol. The van der Waals surface area contributed by atoms with E-state index >= 15 is 0 Å². The van der Waals surface area contributed by atoms with Gasteiger partial charge in [-0.1, -0.05) is 42.8 Å². The third-order valence-electron chi connectivity index (χ3n) is 4.08. The number of anilines is 1. The van der Waals surface area contributed by atoms with Gasteiger partial charge < -0.3 is 14.4 Å². The molecule has 0 fully saturated rings. The van der Waals surface area contributed by atoms with E-state index in [-0.39, 0.29) is 19.1 Å². The highest BCUT2D eigenvalue weighted by atomic mass is 35.5. The standard InChI is InChI=1S/C20H20ClNO4S/c1-14-10-11-22(16-7-3-5-9-18(16)27-14)19(23)12-26-20(24)13-25-17-8-4-2-6-15(17)21/h2-9,14H,10-13H2,1H3/t14-/m0/s1. The average Bonchev–Trinajstić information content (AvgIpc) is 2.83. The molecule has 2 aromatic carbocycles. The Labute approximate surface area is 167 Å². The van der Waals surface area contributed by atoms with Gasteiger partial charge in [0.15, 0.2) is 13.2 Å². The number of benzene rings is 2. The van der Waals surface area contributed by atoms with Crippen LogP contribution in [0.25, 0.3) is 0 Å². The van der Waals surface area contributed by atoms with Crippen molar-refractivity contribution in [3.05, 3.63) is 53.6 Å². The molecular weight excluding hydrogens is 386 g/mol. The first-order valence-corrected chi connectivity index (χ1v) is 9.89. The molecule has 1 heterocycles. The van der Waals surface area contributed by atoms with E-state index in [1.807, 2.05) is 24.3 Å². The summed E-state index contributed by atoms with van der Waals surface area (Å²) in [4.78, 5) is 27.3. The van der Waals surface area contributed by atoms with Crippen LogP contribution in [0.4, 0.5) is 5.69 Å². The van der Waals surface area contributed by atoms with Crippen molar-refractivity contribution in [2.24, 2.45) is 0 Å². The van der Waals surface area contributed by atoms with Gasteiger partial charge in [0, 0.05) is 16.7 Å². The number of fused-ring (bicyclic) bond motifs is 1. The third-order valence-corrected chi connectivity index (χ3v) is 5.63. The second-order valence-electron chi connectivity index (χ2n) is 6.11. The van der Waals surface area contributed by atoms with E-state index in [1.165, 1.54) is 0 Å². The SMILES string of the molecule is C[C@H]1CCN(C(=O)COC(=O)COc2ccccc2Cl)c2ccccc2S1. The van der Waals surface area contributed by atoms with Gasteiger partial charge in [-0.2, -0.15) is 0 Å². The summed E-state index contributed by atoms with van der Waals surface area (Å²) in [5.41, 5.74) is 0.861. The molecule has 0 aliphatic carbocycles. The van der Waals surface area contributed by atoms with E-state index in [4.69, 9.17) is 21.1 Å². The van der Waals surface area contributed by atoms with E-state index in [2.05, 4.69) is 6.92 Å². The van der Waals surface area contributed by atoms with Crippen molar-refractivity contribution in [2.75, 3.05) is 24.7 Å². The first kappa shape index (κ1) is 19.6. The predicted octanol–water partition coefficient (Wildman–Crippen LogP) is 4.18. The zero-order valence-electron chi connectivity index (χ0n) is 14.9. The van der Waals surface area contributed by atoms with Gasteiger partial charge >= 0.3 is 5.97 Å². The fraction of sp³-hybridized carbons (Fsp3) is 0.300. The molecule has 1 amide bonds. The number of thioether (sulfide) groups is 1. The van der Waals surface area contributed by atoms with Gasteiger partial charge in [-0.25, -0.2) is 4.79 Å². The lowest BCUT2D eigenvalue weighted by Crippen LogP contribution is -2.36. The molecule has 3 rings (SSSR count). The van der Waals surface area contributed by atoms with Crippen molar-refractivity contribution < 1.29 is 19.1 Å². The van der Waals surface area contributed by atoms with Gasteiger partial charge in [0.2, 0.25) is 0 Å². The molecule has 0 radical (unpaired) electrons. The van der Waals surface area contributed by atoms with Crippen LogP contribution in [0.3, 0.4) is 0 Å². The predicted molar refractivity (Wildman–Crippen MR) is 107 cm³/mol. The summed E-state index contributed by atoms with van der Waals surface area (Å²) in [6, 6.07) is 14.6. The lowest BCUT2D eigenvalue weighted by Gasteiger charge is -2.22. The van der Waals surface area contributed by atoms with Gasteiger partial charge in [0.05, 0.1) is 10.7 Å². The fourth-order valence-electron chi connectivity index (χ4n) is 2.71. The van der Waals surface area contributed by atoms with E-state index in [1.54, 1.807) is 40.9 Å². The number of para-hydroxylation sites is 2. The topological polar surface area (TPSA) is 55.8 Å². The van der Waals surface area contributed by atoms with Gasteiger partial charge in [-0.3, -0.25) is 4.79 Å².